The number of aliphatic hydroxyl groups excluding tert-OH is 1. The Hall–Kier alpha value is -0.820. The Bertz CT molecular complexity index is 639. The number of hydrogen-bond donors (Lipinski definition) is 1. The normalized spacial score (nSPS) is 40.7. The summed E-state index contributed by atoms with van der Waals surface area (Å²) in [5.74, 6) is 4.29. The lowest BCUT2D eigenvalue weighted by Gasteiger charge is -2.44. The monoisotopic (exact) mass is 398 g/mol. The largest absolute Gasteiger partial charge is 0.393 e. The minimum Gasteiger partial charge on any atom is -0.393 e. The topological polar surface area (TPSA) is 20.2 Å². The fraction of sp³-hybridized carbons (Fsp3) is 0.786. The van der Waals surface area contributed by atoms with Gasteiger partial charge in [-0.25, -0.2) is 0 Å². The lowest BCUT2D eigenvalue weighted by atomic mass is 9.61. The van der Waals surface area contributed by atoms with E-state index in [0.29, 0.717) is 23.2 Å². The van der Waals surface area contributed by atoms with E-state index < -0.39 is 0 Å². The van der Waals surface area contributed by atoms with Gasteiger partial charge in [-0.2, -0.15) is 0 Å². The summed E-state index contributed by atoms with van der Waals surface area (Å²) in [6.45, 7) is 14.4. The summed E-state index contributed by atoms with van der Waals surface area (Å²) >= 11 is 0. The molecule has 1 N–H and O–H groups in total. The van der Waals surface area contributed by atoms with Gasteiger partial charge in [-0.05, 0) is 92.3 Å². The second-order valence-electron chi connectivity index (χ2n) is 11.3. The Kier molecular flexibility index (Phi) is 7.52. The minimum atomic E-state index is -0.121. The summed E-state index contributed by atoms with van der Waals surface area (Å²) in [6.07, 6.45) is 19.5. The molecule has 0 aromatic rings. The first-order valence-electron chi connectivity index (χ1n) is 12.5. The summed E-state index contributed by atoms with van der Waals surface area (Å²) in [6, 6.07) is 0. The summed E-state index contributed by atoms with van der Waals surface area (Å²) in [5.41, 5.74) is 3.63. The summed E-state index contributed by atoms with van der Waals surface area (Å²) in [7, 11) is 0. The van der Waals surface area contributed by atoms with Gasteiger partial charge < -0.3 is 5.11 Å². The maximum atomic E-state index is 10.1. The van der Waals surface area contributed by atoms with Crippen molar-refractivity contribution >= 4 is 0 Å². The average Bonchev–Trinajstić information content (AvgIpc) is 3.04. The third-order valence-electron chi connectivity index (χ3n) is 8.99. The highest BCUT2D eigenvalue weighted by molar-refractivity contribution is 5.27. The van der Waals surface area contributed by atoms with Crippen molar-refractivity contribution in [3.63, 3.8) is 0 Å². The molecule has 3 rings (SSSR count). The predicted octanol–water partition coefficient (Wildman–Crippen LogP) is 7.72. The molecular weight excluding hydrogens is 352 g/mol. The number of hydrogen-bond acceptors (Lipinski definition) is 1. The zero-order valence-electron chi connectivity index (χ0n) is 20.0. The average molecular weight is 399 g/mol. The standard InChI is InChI=1S/C28H46O/c1-19(2)20(3)9-10-22(5)26-15-16-27-23(8-7-17-28(26,27)6)12-13-24-18-25(29)14-11-21(24)4/h9-10,12-13,19-22,25-27,29H,7-8,11,14-18H2,1-6H3/b10-9+,23-12+,24-13+/t20-,21+,22-,25+,26-,27+,28-/m1/s1. The summed E-state index contributed by atoms with van der Waals surface area (Å²) < 4.78 is 0. The molecule has 0 heterocycles. The first-order chi connectivity index (χ1) is 13.7. The van der Waals surface area contributed by atoms with E-state index >= 15 is 0 Å². The van der Waals surface area contributed by atoms with Crippen LogP contribution in [0.5, 0.6) is 0 Å². The molecule has 3 saturated carbocycles. The quantitative estimate of drug-likeness (QED) is 0.470. The van der Waals surface area contributed by atoms with Gasteiger partial charge >= 0.3 is 0 Å². The molecule has 0 amide bonds. The van der Waals surface area contributed by atoms with Gasteiger partial charge in [0.1, 0.15) is 0 Å². The fourth-order valence-electron chi connectivity index (χ4n) is 6.50. The third-order valence-corrected chi connectivity index (χ3v) is 8.99. The van der Waals surface area contributed by atoms with Crippen molar-refractivity contribution in [1.82, 2.24) is 0 Å². The van der Waals surface area contributed by atoms with Crippen LogP contribution in [0.25, 0.3) is 0 Å². The number of aliphatic hydroxyl groups is 1. The van der Waals surface area contributed by atoms with Gasteiger partial charge in [0.2, 0.25) is 0 Å². The third kappa shape index (κ3) is 5.09. The van der Waals surface area contributed by atoms with E-state index in [0.717, 1.165) is 37.0 Å². The smallest absolute Gasteiger partial charge is 0.0577 e. The van der Waals surface area contributed by atoms with Crippen LogP contribution < -0.4 is 0 Å². The van der Waals surface area contributed by atoms with Gasteiger partial charge in [-0.3, -0.25) is 0 Å². The van der Waals surface area contributed by atoms with Crippen molar-refractivity contribution in [1.29, 1.82) is 0 Å². The van der Waals surface area contributed by atoms with Crippen molar-refractivity contribution in [2.24, 2.45) is 40.9 Å². The van der Waals surface area contributed by atoms with Crippen molar-refractivity contribution in [2.45, 2.75) is 99.0 Å². The van der Waals surface area contributed by atoms with Gasteiger partial charge in [0, 0.05) is 0 Å². The van der Waals surface area contributed by atoms with Crippen LogP contribution in [0.1, 0.15) is 92.9 Å². The Balaban J connectivity index is 1.74. The maximum Gasteiger partial charge on any atom is 0.0577 e. The summed E-state index contributed by atoms with van der Waals surface area (Å²) in [5, 5.41) is 10.1. The molecule has 0 bridgehead atoms. The number of fused-ring (bicyclic) bond motifs is 1. The Morgan fingerprint density at radius 1 is 0.966 bits per heavy atom. The number of rotatable bonds is 5. The van der Waals surface area contributed by atoms with Crippen molar-refractivity contribution in [3.05, 3.63) is 35.5 Å². The van der Waals surface area contributed by atoms with Crippen molar-refractivity contribution in [3.8, 4) is 0 Å². The minimum absolute atomic E-state index is 0.121. The molecule has 0 aromatic heterocycles. The molecular formula is C28H46O. The molecule has 3 aliphatic carbocycles. The van der Waals surface area contributed by atoms with E-state index in [9.17, 15) is 5.11 Å². The molecule has 0 saturated heterocycles. The SMILES string of the molecule is CC(C)[C@H](C)/C=C/[C@@H](C)[C@H]1CC[C@H]2/C(=C/C=C3\C[C@@H](O)CC[C@@H]3C)CCC[C@]12C. The molecule has 0 aliphatic heterocycles. The van der Waals surface area contributed by atoms with E-state index in [1.165, 1.54) is 37.7 Å². The van der Waals surface area contributed by atoms with Crippen LogP contribution in [0.2, 0.25) is 0 Å². The first-order valence-corrected chi connectivity index (χ1v) is 12.5. The fourth-order valence-corrected chi connectivity index (χ4v) is 6.50. The van der Waals surface area contributed by atoms with Gasteiger partial charge in [0.05, 0.1) is 6.10 Å². The van der Waals surface area contributed by atoms with Gasteiger partial charge in [-0.15, -0.1) is 0 Å². The van der Waals surface area contributed by atoms with E-state index in [2.05, 4.69) is 65.8 Å². The number of allylic oxidation sites excluding steroid dienone is 5. The molecule has 0 aromatic carbocycles. The molecule has 0 spiro atoms. The van der Waals surface area contributed by atoms with Crippen LogP contribution in [-0.4, -0.2) is 11.2 Å². The van der Waals surface area contributed by atoms with Gasteiger partial charge in [-0.1, -0.05) is 77.0 Å². The lowest BCUT2D eigenvalue weighted by Crippen LogP contribution is -2.35. The van der Waals surface area contributed by atoms with Gasteiger partial charge in [0.25, 0.3) is 0 Å². The van der Waals surface area contributed by atoms with Crippen molar-refractivity contribution < 1.29 is 5.11 Å². The van der Waals surface area contributed by atoms with Crippen LogP contribution in [-0.2, 0) is 0 Å². The molecule has 3 fully saturated rings. The molecule has 1 nitrogen and oxygen atoms in total. The van der Waals surface area contributed by atoms with Crippen LogP contribution in [0, 0.1) is 40.9 Å². The molecule has 29 heavy (non-hydrogen) atoms. The summed E-state index contributed by atoms with van der Waals surface area (Å²) in [4.78, 5) is 0. The van der Waals surface area contributed by atoms with Crippen LogP contribution in [0.15, 0.2) is 35.5 Å². The van der Waals surface area contributed by atoms with Crippen LogP contribution in [0.4, 0.5) is 0 Å². The zero-order valence-corrected chi connectivity index (χ0v) is 20.0. The van der Waals surface area contributed by atoms with Gasteiger partial charge in [0.15, 0.2) is 0 Å². The molecule has 0 unspecified atom stereocenters. The molecule has 164 valence electrons. The predicted molar refractivity (Wildman–Crippen MR) is 126 cm³/mol. The molecule has 7 atom stereocenters. The highest BCUT2D eigenvalue weighted by atomic mass is 16.3. The lowest BCUT2D eigenvalue weighted by molar-refractivity contribution is 0.112. The molecule has 0 radical (unpaired) electrons. The second kappa shape index (κ2) is 9.54. The maximum absolute atomic E-state index is 10.1. The zero-order chi connectivity index (χ0) is 21.2. The van der Waals surface area contributed by atoms with E-state index in [4.69, 9.17) is 0 Å². The highest BCUT2D eigenvalue weighted by Crippen LogP contribution is 2.59. The second-order valence-corrected chi connectivity index (χ2v) is 11.3. The van der Waals surface area contributed by atoms with Crippen molar-refractivity contribution in [2.75, 3.05) is 0 Å². The van der Waals surface area contributed by atoms with Crippen LogP contribution in [0.3, 0.4) is 0 Å². The Morgan fingerprint density at radius 3 is 2.41 bits per heavy atom. The molecule has 3 aliphatic rings. The highest BCUT2D eigenvalue weighted by Gasteiger charge is 2.50. The molecule has 1 heteroatoms. The Labute approximate surface area is 180 Å². The van der Waals surface area contributed by atoms with Crippen LogP contribution >= 0.6 is 0 Å². The van der Waals surface area contributed by atoms with E-state index in [1.54, 1.807) is 5.57 Å². The first kappa shape index (κ1) is 22.9. The van der Waals surface area contributed by atoms with E-state index in [-0.39, 0.29) is 6.10 Å². The Morgan fingerprint density at radius 2 is 1.69 bits per heavy atom. The van der Waals surface area contributed by atoms with E-state index in [1.807, 2.05) is 0 Å².